The first-order valence-electron chi connectivity index (χ1n) is 10.1. The van der Waals surface area contributed by atoms with Crippen LogP contribution in [0.2, 0.25) is 5.02 Å². The van der Waals surface area contributed by atoms with Crippen LogP contribution in [0.3, 0.4) is 0 Å². The number of sulfonamides is 1. The molecule has 0 aliphatic carbocycles. The molecule has 33 heavy (non-hydrogen) atoms. The summed E-state index contributed by atoms with van der Waals surface area (Å²) < 4.78 is 38.5. The molecule has 0 aliphatic heterocycles. The number of hydrogen-bond donors (Lipinski definition) is 1. The van der Waals surface area contributed by atoms with Gasteiger partial charge in [-0.25, -0.2) is 8.42 Å². The van der Waals surface area contributed by atoms with Gasteiger partial charge in [-0.2, -0.15) is 4.31 Å². The smallest absolute Gasteiger partial charge is 0.243 e. The Kier molecular flexibility index (Phi) is 7.97. The Hall–Kier alpha value is -3.07. The first-order valence-corrected chi connectivity index (χ1v) is 11.9. The molecule has 0 radical (unpaired) electrons. The summed E-state index contributed by atoms with van der Waals surface area (Å²) in [5.74, 6) is 0.552. The molecule has 3 aromatic rings. The fraction of sp³-hybridized carbons (Fsp3) is 0.208. The van der Waals surface area contributed by atoms with Gasteiger partial charge in [-0.3, -0.25) is 4.79 Å². The third-order valence-electron chi connectivity index (χ3n) is 4.96. The Bertz CT molecular complexity index is 1230. The molecule has 0 bridgehead atoms. The van der Waals surface area contributed by atoms with Crippen molar-refractivity contribution in [2.24, 2.45) is 0 Å². The van der Waals surface area contributed by atoms with E-state index >= 15 is 0 Å². The van der Waals surface area contributed by atoms with Crippen LogP contribution in [-0.4, -0.2) is 39.4 Å². The molecule has 0 heterocycles. The minimum Gasteiger partial charge on any atom is -0.496 e. The SMILES string of the molecule is COc1ccc(S(=O)(=O)N(CC(=O)Nc2ccc(OC)c(Cl)c2)Cc2ccccc2)cc1C. The summed E-state index contributed by atoms with van der Waals surface area (Å²) in [5.41, 5.74) is 1.87. The number of benzene rings is 3. The van der Waals surface area contributed by atoms with Crippen LogP contribution in [0.15, 0.2) is 71.6 Å². The molecule has 7 nitrogen and oxygen atoms in total. The number of hydrogen-bond acceptors (Lipinski definition) is 5. The van der Waals surface area contributed by atoms with E-state index in [-0.39, 0.29) is 18.0 Å². The van der Waals surface area contributed by atoms with Crippen molar-refractivity contribution in [3.63, 3.8) is 0 Å². The molecule has 0 saturated heterocycles. The van der Waals surface area contributed by atoms with Gasteiger partial charge in [0.05, 0.1) is 30.7 Å². The van der Waals surface area contributed by atoms with Gasteiger partial charge in [-0.15, -0.1) is 0 Å². The quantitative estimate of drug-likeness (QED) is 0.479. The van der Waals surface area contributed by atoms with Gasteiger partial charge in [0.25, 0.3) is 0 Å². The lowest BCUT2D eigenvalue weighted by Crippen LogP contribution is -2.37. The van der Waals surface area contributed by atoms with Crippen molar-refractivity contribution in [1.29, 1.82) is 0 Å². The number of nitrogens with one attached hydrogen (secondary N) is 1. The fourth-order valence-electron chi connectivity index (χ4n) is 3.28. The highest BCUT2D eigenvalue weighted by Gasteiger charge is 2.27. The number of methoxy groups -OCH3 is 2. The van der Waals surface area contributed by atoms with E-state index in [9.17, 15) is 13.2 Å². The monoisotopic (exact) mass is 488 g/mol. The van der Waals surface area contributed by atoms with E-state index < -0.39 is 15.9 Å². The van der Waals surface area contributed by atoms with Crippen molar-refractivity contribution in [3.8, 4) is 11.5 Å². The summed E-state index contributed by atoms with van der Waals surface area (Å²) >= 11 is 6.13. The Morgan fingerprint density at radius 1 is 0.970 bits per heavy atom. The Labute approximate surface area is 198 Å². The van der Waals surface area contributed by atoms with Crippen molar-refractivity contribution in [3.05, 3.63) is 82.9 Å². The Morgan fingerprint density at radius 2 is 1.64 bits per heavy atom. The maximum Gasteiger partial charge on any atom is 0.243 e. The molecule has 0 aromatic heterocycles. The lowest BCUT2D eigenvalue weighted by atomic mass is 10.2. The summed E-state index contributed by atoms with van der Waals surface area (Å²) in [7, 11) is -0.968. The van der Waals surface area contributed by atoms with Crippen molar-refractivity contribution in [1.82, 2.24) is 4.31 Å². The predicted molar refractivity (Wildman–Crippen MR) is 128 cm³/mol. The lowest BCUT2D eigenvalue weighted by Gasteiger charge is -2.22. The van der Waals surface area contributed by atoms with Gasteiger partial charge >= 0.3 is 0 Å². The van der Waals surface area contributed by atoms with E-state index in [4.69, 9.17) is 21.1 Å². The van der Waals surface area contributed by atoms with E-state index in [1.807, 2.05) is 30.3 Å². The summed E-state index contributed by atoms with van der Waals surface area (Å²) in [5, 5.41) is 3.03. The van der Waals surface area contributed by atoms with E-state index in [0.717, 1.165) is 9.87 Å². The standard InChI is InChI=1S/C24H25ClN2O5S/c1-17-13-20(10-12-22(17)31-2)33(29,30)27(15-18-7-5-4-6-8-18)16-24(28)26-19-9-11-23(32-3)21(25)14-19/h4-14H,15-16H2,1-3H3,(H,26,28). The largest absolute Gasteiger partial charge is 0.496 e. The lowest BCUT2D eigenvalue weighted by molar-refractivity contribution is -0.116. The van der Waals surface area contributed by atoms with Gasteiger partial charge in [0.15, 0.2) is 0 Å². The van der Waals surface area contributed by atoms with E-state index in [2.05, 4.69) is 5.32 Å². The van der Waals surface area contributed by atoms with Gasteiger partial charge < -0.3 is 14.8 Å². The molecule has 174 valence electrons. The third-order valence-corrected chi connectivity index (χ3v) is 7.04. The van der Waals surface area contributed by atoms with Gasteiger partial charge in [0.2, 0.25) is 15.9 Å². The van der Waals surface area contributed by atoms with Gasteiger partial charge in [0.1, 0.15) is 11.5 Å². The van der Waals surface area contributed by atoms with Crippen LogP contribution in [0.1, 0.15) is 11.1 Å². The number of halogens is 1. The van der Waals surface area contributed by atoms with E-state index in [1.54, 1.807) is 31.2 Å². The molecule has 3 aromatic carbocycles. The Balaban J connectivity index is 1.88. The average molecular weight is 489 g/mol. The normalized spacial score (nSPS) is 11.3. The van der Waals surface area contributed by atoms with Crippen LogP contribution < -0.4 is 14.8 Å². The minimum absolute atomic E-state index is 0.0328. The van der Waals surface area contributed by atoms with Crippen LogP contribution >= 0.6 is 11.6 Å². The van der Waals surface area contributed by atoms with Gasteiger partial charge in [0, 0.05) is 12.2 Å². The number of carbonyl (C=O) groups excluding carboxylic acids is 1. The molecular weight excluding hydrogens is 464 g/mol. The summed E-state index contributed by atoms with van der Waals surface area (Å²) in [6, 6.07) is 18.5. The van der Waals surface area contributed by atoms with Crippen molar-refractivity contribution >= 4 is 33.2 Å². The van der Waals surface area contributed by atoms with E-state index in [1.165, 1.54) is 26.4 Å². The minimum atomic E-state index is -3.98. The van der Waals surface area contributed by atoms with E-state index in [0.29, 0.717) is 27.8 Å². The number of rotatable bonds is 9. The summed E-state index contributed by atoms with van der Waals surface area (Å²) in [6.45, 7) is 1.41. The summed E-state index contributed by atoms with van der Waals surface area (Å²) in [4.78, 5) is 12.9. The maximum absolute atomic E-state index is 13.5. The number of amides is 1. The average Bonchev–Trinajstić information content (AvgIpc) is 2.79. The molecule has 1 N–H and O–H groups in total. The zero-order valence-electron chi connectivity index (χ0n) is 18.5. The number of aryl methyl sites for hydroxylation is 1. The van der Waals surface area contributed by atoms with Crippen molar-refractivity contribution in [2.45, 2.75) is 18.4 Å². The predicted octanol–water partition coefficient (Wildman–Crippen LogP) is 4.50. The molecule has 1 amide bonds. The number of ether oxygens (including phenoxy) is 2. The zero-order valence-corrected chi connectivity index (χ0v) is 20.1. The second-order valence-corrected chi connectivity index (χ2v) is 9.63. The molecular formula is C24H25ClN2O5S. The molecule has 0 aliphatic rings. The van der Waals surface area contributed by atoms with Crippen molar-refractivity contribution in [2.75, 3.05) is 26.1 Å². The Morgan fingerprint density at radius 3 is 2.24 bits per heavy atom. The molecule has 0 fully saturated rings. The third kappa shape index (κ3) is 6.04. The van der Waals surface area contributed by atoms with Crippen LogP contribution in [-0.2, 0) is 21.4 Å². The van der Waals surface area contributed by atoms with Crippen LogP contribution in [0, 0.1) is 6.92 Å². The molecule has 0 unspecified atom stereocenters. The number of carbonyl (C=O) groups is 1. The summed E-state index contributed by atoms with van der Waals surface area (Å²) in [6.07, 6.45) is 0. The first kappa shape index (κ1) is 24.6. The van der Waals surface area contributed by atoms with Gasteiger partial charge in [-0.05, 0) is 54.4 Å². The molecule has 0 atom stereocenters. The first-order chi connectivity index (χ1) is 15.7. The molecule has 0 spiro atoms. The van der Waals surface area contributed by atoms with Crippen molar-refractivity contribution < 1.29 is 22.7 Å². The van der Waals surface area contributed by atoms with Crippen LogP contribution in [0.25, 0.3) is 0 Å². The molecule has 0 saturated carbocycles. The van der Waals surface area contributed by atoms with Gasteiger partial charge in [-0.1, -0.05) is 41.9 Å². The topological polar surface area (TPSA) is 84.9 Å². The second-order valence-electron chi connectivity index (χ2n) is 7.29. The second kappa shape index (κ2) is 10.7. The van der Waals surface area contributed by atoms with Crippen LogP contribution in [0.4, 0.5) is 5.69 Å². The highest BCUT2D eigenvalue weighted by Crippen LogP contribution is 2.28. The number of nitrogens with zero attached hydrogens (tertiary/aromatic N) is 1. The zero-order chi connectivity index (χ0) is 24.0. The molecule has 3 rings (SSSR count). The number of anilines is 1. The highest BCUT2D eigenvalue weighted by atomic mass is 35.5. The molecule has 9 heteroatoms. The highest BCUT2D eigenvalue weighted by molar-refractivity contribution is 7.89. The van der Waals surface area contributed by atoms with Crippen LogP contribution in [0.5, 0.6) is 11.5 Å². The maximum atomic E-state index is 13.5. The fourth-order valence-corrected chi connectivity index (χ4v) is 5.01.